The zero-order valence-corrected chi connectivity index (χ0v) is 15.1. The topological polar surface area (TPSA) is 72.5 Å². The highest BCUT2D eigenvalue weighted by molar-refractivity contribution is 7.09. The van der Waals surface area contributed by atoms with Gasteiger partial charge in [0, 0.05) is 12.0 Å². The van der Waals surface area contributed by atoms with Crippen LogP contribution in [0, 0.1) is 0 Å². The van der Waals surface area contributed by atoms with Crippen molar-refractivity contribution in [3.05, 3.63) is 40.3 Å². The molecule has 1 aliphatic heterocycles. The van der Waals surface area contributed by atoms with Crippen molar-refractivity contribution in [1.29, 1.82) is 0 Å². The van der Waals surface area contributed by atoms with Crippen molar-refractivity contribution in [2.45, 2.75) is 38.8 Å². The number of benzene rings is 1. The molecule has 0 aliphatic carbocycles. The molecule has 1 aromatic carbocycles. The van der Waals surface area contributed by atoms with Crippen LogP contribution >= 0.6 is 11.3 Å². The molecule has 1 atom stereocenters. The first kappa shape index (κ1) is 17.7. The van der Waals surface area contributed by atoms with E-state index in [1.54, 1.807) is 11.3 Å². The number of ether oxygens (including phenoxy) is 2. The van der Waals surface area contributed by atoms with Gasteiger partial charge >= 0.3 is 6.03 Å². The van der Waals surface area contributed by atoms with E-state index in [4.69, 9.17) is 9.47 Å². The molecule has 25 heavy (non-hydrogen) atoms. The second-order valence-corrected chi connectivity index (χ2v) is 6.78. The van der Waals surface area contributed by atoms with Crippen LogP contribution in [-0.4, -0.2) is 30.3 Å². The molecular weight excluding hydrogens is 338 g/mol. The van der Waals surface area contributed by atoms with Crippen molar-refractivity contribution in [3.63, 3.8) is 0 Å². The van der Waals surface area contributed by atoms with Crippen LogP contribution < -0.4 is 15.4 Å². The van der Waals surface area contributed by atoms with E-state index < -0.39 is 0 Å². The van der Waals surface area contributed by atoms with Gasteiger partial charge in [-0.15, -0.1) is 11.3 Å². The predicted octanol–water partition coefficient (Wildman–Crippen LogP) is 3.59. The summed E-state index contributed by atoms with van der Waals surface area (Å²) < 4.78 is 11.4. The van der Waals surface area contributed by atoms with Crippen LogP contribution in [0.3, 0.4) is 0 Å². The number of nitrogens with zero attached hydrogens (tertiary/aromatic N) is 1. The Balaban J connectivity index is 1.51. The van der Waals surface area contributed by atoms with Crippen LogP contribution in [0.4, 0.5) is 10.5 Å². The van der Waals surface area contributed by atoms with Gasteiger partial charge in [0.2, 0.25) is 0 Å². The fourth-order valence-corrected chi connectivity index (χ4v) is 3.39. The van der Waals surface area contributed by atoms with Gasteiger partial charge in [0.25, 0.3) is 0 Å². The Morgan fingerprint density at radius 1 is 1.44 bits per heavy atom. The summed E-state index contributed by atoms with van der Waals surface area (Å²) in [6.45, 7) is 3.77. The van der Waals surface area contributed by atoms with E-state index in [0.29, 0.717) is 24.6 Å². The van der Waals surface area contributed by atoms with Gasteiger partial charge in [-0.05, 0) is 31.4 Å². The van der Waals surface area contributed by atoms with Crippen LogP contribution in [0.25, 0.3) is 0 Å². The molecule has 0 unspecified atom stereocenters. The standard InChI is InChI=1S/C18H23N3O3S/c1-2-13-12-25-17(20-13)10-19-18(22)21-15-7-3-4-8-16(15)24-11-14-6-5-9-23-14/h3-4,7-8,12,14H,2,5-6,9-11H2,1H3,(H2,19,21,22)/t14-/m0/s1. The minimum Gasteiger partial charge on any atom is -0.489 e. The lowest BCUT2D eigenvalue weighted by Gasteiger charge is -2.15. The molecular formula is C18H23N3O3S. The molecule has 2 amide bonds. The van der Waals surface area contributed by atoms with Crippen LogP contribution in [0.1, 0.15) is 30.5 Å². The van der Waals surface area contributed by atoms with Crippen LogP contribution in [-0.2, 0) is 17.7 Å². The van der Waals surface area contributed by atoms with Crippen molar-refractivity contribution in [2.24, 2.45) is 0 Å². The molecule has 1 fully saturated rings. The van der Waals surface area contributed by atoms with Gasteiger partial charge in [0.1, 0.15) is 17.4 Å². The summed E-state index contributed by atoms with van der Waals surface area (Å²) in [6, 6.07) is 7.14. The molecule has 0 bridgehead atoms. The molecule has 1 aliphatic rings. The summed E-state index contributed by atoms with van der Waals surface area (Å²) >= 11 is 1.56. The quantitative estimate of drug-likeness (QED) is 0.790. The molecule has 0 saturated carbocycles. The maximum Gasteiger partial charge on any atom is 0.319 e. The van der Waals surface area contributed by atoms with Crippen molar-refractivity contribution in [3.8, 4) is 5.75 Å². The van der Waals surface area contributed by atoms with E-state index in [1.165, 1.54) is 0 Å². The number of thiazole rings is 1. The molecule has 2 N–H and O–H groups in total. The first-order chi connectivity index (χ1) is 12.2. The van der Waals surface area contributed by atoms with Crippen LogP contribution in [0.15, 0.2) is 29.6 Å². The van der Waals surface area contributed by atoms with Gasteiger partial charge in [0.05, 0.1) is 24.0 Å². The number of urea groups is 1. The van der Waals surface area contributed by atoms with Crippen molar-refractivity contribution >= 4 is 23.1 Å². The number of hydrogen-bond donors (Lipinski definition) is 2. The summed E-state index contributed by atoms with van der Waals surface area (Å²) in [6.07, 6.45) is 3.13. The molecule has 3 rings (SSSR count). The van der Waals surface area contributed by atoms with Crippen molar-refractivity contribution in [2.75, 3.05) is 18.5 Å². The third kappa shape index (κ3) is 5.17. The van der Waals surface area contributed by atoms with E-state index in [-0.39, 0.29) is 12.1 Å². The fraction of sp³-hybridized carbons (Fsp3) is 0.444. The molecule has 1 aromatic heterocycles. The number of anilines is 1. The number of amides is 2. The lowest BCUT2D eigenvalue weighted by molar-refractivity contribution is 0.0682. The smallest absolute Gasteiger partial charge is 0.319 e. The monoisotopic (exact) mass is 361 g/mol. The van der Waals surface area contributed by atoms with Gasteiger partial charge in [-0.3, -0.25) is 0 Å². The summed E-state index contributed by atoms with van der Waals surface area (Å²) in [5, 5.41) is 8.58. The molecule has 2 aromatic rings. The Hall–Kier alpha value is -2.12. The average Bonchev–Trinajstić information content (AvgIpc) is 3.31. The first-order valence-corrected chi connectivity index (χ1v) is 9.44. The molecule has 2 heterocycles. The summed E-state index contributed by atoms with van der Waals surface area (Å²) in [4.78, 5) is 16.6. The highest BCUT2D eigenvalue weighted by atomic mass is 32.1. The van der Waals surface area contributed by atoms with Gasteiger partial charge < -0.3 is 20.1 Å². The number of aromatic nitrogens is 1. The van der Waals surface area contributed by atoms with Gasteiger partial charge in [-0.2, -0.15) is 0 Å². The van der Waals surface area contributed by atoms with Gasteiger partial charge in [-0.1, -0.05) is 19.1 Å². The second kappa shape index (κ2) is 8.82. The van der Waals surface area contributed by atoms with Gasteiger partial charge in [-0.25, -0.2) is 9.78 Å². The molecule has 134 valence electrons. The van der Waals surface area contributed by atoms with E-state index in [1.807, 2.05) is 29.6 Å². The van der Waals surface area contributed by atoms with E-state index in [9.17, 15) is 4.79 Å². The molecule has 0 radical (unpaired) electrons. The lowest BCUT2D eigenvalue weighted by Crippen LogP contribution is -2.28. The molecule has 0 spiro atoms. The number of nitrogens with one attached hydrogen (secondary N) is 2. The first-order valence-electron chi connectivity index (χ1n) is 8.56. The second-order valence-electron chi connectivity index (χ2n) is 5.84. The maximum absolute atomic E-state index is 12.1. The minimum atomic E-state index is -0.276. The Kier molecular flexibility index (Phi) is 6.25. The predicted molar refractivity (Wildman–Crippen MR) is 98.3 cm³/mol. The number of carbonyl (C=O) groups is 1. The minimum absolute atomic E-state index is 0.138. The highest BCUT2D eigenvalue weighted by Gasteiger charge is 2.17. The zero-order chi connectivity index (χ0) is 17.5. The van der Waals surface area contributed by atoms with E-state index in [2.05, 4.69) is 22.5 Å². The Morgan fingerprint density at radius 3 is 3.08 bits per heavy atom. The van der Waals surface area contributed by atoms with Gasteiger partial charge in [0.15, 0.2) is 0 Å². The number of hydrogen-bond acceptors (Lipinski definition) is 5. The largest absolute Gasteiger partial charge is 0.489 e. The summed E-state index contributed by atoms with van der Waals surface area (Å²) in [7, 11) is 0. The maximum atomic E-state index is 12.1. The van der Waals surface area contributed by atoms with Crippen molar-refractivity contribution in [1.82, 2.24) is 10.3 Å². The SMILES string of the molecule is CCc1csc(CNC(=O)Nc2ccccc2OC[C@@H]2CCCO2)n1. The Bertz CT molecular complexity index is 698. The Morgan fingerprint density at radius 2 is 2.32 bits per heavy atom. The highest BCUT2D eigenvalue weighted by Crippen LogP contribution is 2.25. The summed E-state index contributed by atoms with van der Waals surface area (Å²) in [5.74, 6) is 0.649. The third-order valence-corrected chi connectivity index (χ3v) is 4.84. The Labute approximate surface area is 151 Å². The number of carbonyl (C=O) groups excluding carboxylic acids is 1. The number of para-hydroxylation sites is 2. The molecule has 1 saturated heterocycles. The normalized spacial score (nSPS) is 16.6. The lowest BCUT2D eigenvalue weighted by atomic mass is 10.2. The van der Waals surface area contributed by atoms with E-state index in [0.717, 1.165) is 36.6 Å². The molecule has 7 heteroatoms. The fourth-order valence-electron chi connectivity index (χ4n) is 2.57. The summed E-state index contributed by atoms with van der Waals surface area (Å²) in [5.41, 5.74) is 1.70. The number of rotatable bonds is 7. The van der Waals surface area contributed by atoms with Crippen LogP contribution in [0.2, 0.25) is 0 Å². The molecule has 6 nitrogen and oxygen atoms in total. The van der Waals surface area contributed by atoms with Crippen molar-refractivity contribution < 1.29 is 14.3 Å². The number of aryl methyl sites for hydroxylation is 1. The van der Waals surface area contributed by atoms with Crippen LogP contribution in [0.5, 0.6) is 5.75 Å². The van der Waals surface area contributed by atoms with E-state index >= 15 is 0 Å². The third-order valence-electron chi connectivity index (χ3n) is 3.95. The average molecular weight is 361 g/mol. The zero-order valence-electron chi connectivity index (χ0n) is 14.3.